The summed E-state index contributed by atoms with van der Waals surface area (Å²) in [5, 5.41) is 13.9. The number of nitrogens with zero attached hydrogens (tertiary/aromatic N) is 2. The smallest absolute Gasteiger partial charge is 0.274 e. The lowest BCUT2D eigenvalue weighted by Gasteiger charge is -2.19. The number of anilines is 1. The number of rotatable bonds is 6. The first kappa shape index (κ1) is 13.4. The third-order valence-corrected chi connectivity index (χ3v) is 2.75. The van der Waals surface area contributed by atoms with Crippen LogP contribution in [0.25, 0.3) is 0 Å². The minimum Gasteiger partial charge on any atom is -0.374 e. The molecule has 0 heterocycles. The fourth-order valence-electron chi connectivity index (χ4n) is 1.65. The third-order valence-electron chi connectivity index (χ3n) is 2.75. The highest BCUT2D eigenvalue weighted by Gasteiger charge is 2.12. The number of hydrogen-bond acceptors (Lipinski definition) is 4. The second-order valence-corrected chi connectivity index (χ2v) is 4.11. The Hall–Kier alpha value is -1.62. The van der Waals surface area contributed by atoms with Gasteiger partial charge in [0.15, 0.2) is 0 Å². The van der Waals surface area contributed by atoms with Gasteiger partial charge in [-0.15, -0.1) is 0 Å². The normalized spacial score (nSPS) is 10.3. The van der Waals surface area contributed by atoms with Gasteiger partial charge >= 0.3 is 0 Å². The molecule has 1 aromatic carbocycles. The molecule has 1 N–H and O–H groups in total. The number of hydrogen-bond donors (Lipinski definition) is 1. The van der Waals surface area contributed by atoms with E-state index in [0.29, 0.717) is 5.56 Å². The van der Waals surface area contributed by atoms with Gasteiger partial charge in [-0.1, -0.05) is 6.07 Å². The number of nitro groups is 1. The highest BCUT2D eigenvalue weighted by atomic mass is 16.6. The summed E-state index contributed by atoms with van der Waals surface area (Å²) >= 11 is 0. The first-order chi connectivity index (χ1) is 8.06. The van der Waals surface area contributed by atoms with Crippen molar-refractivity contribution in [2.45, 2.75) is 13.3 Å². The Bertz CT molecular complexity index is 393. The van der Waals surface area contributed by atoms with Crippen LogP contribution in [-0.2, 0) is 0 Å². The van der Waals surface area contributed by atoms with Crippen LogP contribution in [0.3, 0.4) is 0 Å². The highest BCUT2D eigenvalue weighted by molar-refractivity contribution is 5.56. The lowest BCUT2D eigenvalue weighted by Crippen LogP contribution is -2.22. The second kappa shape index (κ2) is 6.20. The predicted molar refractivity (Wildman–Crippen MR) is 69.6 cm³/mol. The molecule has 1 aromatic rings. The van der Waals surface area contributed by atoms with Crippen LogP contribution in [0.2, 0.25) is 0 Å². The largest absolute Gasteiger partial charge is 0.374 e. The number of nitrogens with one attached hydrogen (secondary N) is 1. The Morgan fingerprint density at radius 3 is 2.76 bits per heavy atom. The van der Waals surface area contributed by atoms with E-state index in [9.17, 15) is 10.1 Å². The first-order valence-electron chi connectivity index (χ1n) is 5.67. The zero-order valence-corrected chi connectivity index (χ0v) is 10.6. The van der Waals surface area contributed by atoms with Crippen LogP contribution < -0.4 is 10.2 Å². The SMILES string of the molecule is CNCCCN(C)c1ccc(C)c([N+](=O)[O-])c1. The maximum Gasteiger partial charge on any atom is 0.274 e. The molecular formula is C12H19N3O2. The summed E-state index contributed by atoms with van der Waals surface area (Å²) in [7, 11) is 3.86. The van der Waals surface area contributed by atoms with Crippen LogP contribution in [-0.4, -0.2) is 32.1 Å². The maximum absolute atomic E-state index is 10.8. The fourth-order valence-corrected chi connectivity index (χ4v) is 1.65. The molecule has 5 heteroatoms. The second-order valence-electron chi connectivity index (χ2n) is 4.11. The van der Waals surface area contributed by atoms with Gasteiger partial charge in [0.1, 0.15) is 0 Å². The Morgan fingerprint density at radius 2 is 2.18 bits per heavy atom. The van der Waals surface area contributed by atoms with E-state index in [2.05, 4.69) is 5.32 Å². The van der Waals surface area contributed by atoms with Gasteiger partial charge in [0.05, 0.1) is 4.92 Å². The fraction of sp³-hybridized carbons (Fsp3) is 0.500. The predicted octanol–water partition coefficient (Wildman–Crippen LogP) is 1.95. The van der Waals surface area contributed by atoms with Crippen LogP contribution in [0.4, 0.5) is 11.4 Å². The van der Waals surface area contributed by atoms with E-state index in [0.717, 1.165) is 25.2 Å². The molecule has 0 radical (unpaired) electrons. The zero-order chi connectivity index (χ0) is 12.8. The minimum atomic E-state index is -0.333. The number of aryl methyl sites for hydroxylation is 1. The average molecular weight is 237 g/mol. The van der Waals surface area contributed by atoms with Gasteiger partial charge < -0.3 is 10.2 Å². The lowest BCUT2D eigenvalue weighted by atomic mass is 10.1. The third kappa shape index (κ3) is 3.71. The van der Waals surface area contributed by atoms with Gasteiger partial charge in [-0.25, -0.2) is 0 Å². The summed E-state index contributed by atoms with van der Waals surface area (Å²) in [6, 6.07) is 5.35. The number of benzene rings is 1. The van der Waals surface area contributed by atoms with E-state index in [4.69, 9.17) is 0 Å². The average Bonchev–Trinajstić information content (AvgIpc) is 2.29. The molecule has 0 aliphatic rings. The summed E-state index contributed by atoms with van der Waals surface area (Å²) in [4.78, 5) is 12.5. The van der Waals surface area contributed by atoms with E-state index in [1.807, 2.05) is 25.1 Å². The topological polar surface area (TPSA) is 58.4 Å². The van der Waals surface area contributed by atoms with Crippen LogP contribution in [0.1, 0.15) is 12.0 Å². The lowest BCUT2D eigenvalue weighted by molar-refractivity contribution is -0.385. The molecule has 94 valence electrons. The molecule has 17 heavy (non-hydrogen) atoms. The van der Waals surface area contributed by atoms with Crippen molar-refractivity contribution >= 4 is 11.4 Å². The van der Waals surface area contributed by atoms with Gasteiger partial charge in [-0.3, -0.25) is 10.1 Å². The molecule has 0 unspecified atom stereocenters. The molecule has 0 fully saturated rings. The van der Waals surface area contributed by atoms with Crippen molar-refractivity contribution in [1.29, 1.82) is 0 Å². The monoisotopic (exact) mass is 237 g/mol. The maximum atomic E-state index is 10.8. The molecule has 0 aromatic heterocycles. The van der Waals surface area contributed by atoms with E-state index >= 15 is 0 Å². The standard InChI is InChI=1S/C12H19N3O2/c1-10-5-6-11(9-12(10)15(16)17)14(3)8-4-7-13-2/h5-6,9,13H,4,7-8H2,1-3H3. The molecular weight excluding hydrogens is 218 g/mol. The Morgan fingerprint density at radius 1 is 1.47 bits per heavy atom. The van der Waals surface area contributed by atoms with E-state index in [-0.39, 0.29) is 10.6 Å². The Balaban J connectivity index is 2.77. The molecule has 0 spiro atoms. The van der Waals surface area contributed by atoms with Crippen molar-refractivity contribution in [3.05, 3.63) is 33.9 Å². The van der Waals surface area contributed by atoms with Crippen molar-refractivity contribution in [3.63, 3.8) is 0 Å². The minimum absolute atomic E-state index is 0.183. The zero-order valence-electron chi connectivity index (χ0n) is 10.6. The molecule has 0 saturated carbocycles. The van der Waals surface area contributed by atoms with Gasteiger partial charge in [0, 0.05) is 30.9 Å². The molecule has 1 rings (SSSR count). The molecule has 0 atom stereocenters. The summed E-state index contributed by atoms with van der Waals surface area (Å²) in [5.41, 5.74) is 1.77. The Labute approximate surface area is 102 Å². The van der Waals surface area contributed by atoms with Crippen LogP contribution in [0.5, 0.6) is 0 Å². The number of nitro benzene ring substituents is 1. The van der Waals surface area contributed by atoms with Crippen LogP contribution in [0, 0.1) is 17.0 Å². The van der Waals surface area contributed by atoms with Crippen LogP contribution in [0.15, 0.2) is 18.2 Å². The van der Waals surface area contributed by atoms with Gasteiger partial charge in [0.2, 0.25) is 0 Å². The van der Waals surface area contributed by atoms with E-state index in [1.165, 1.54) is 0 Å². The molecule has 5 nitrogen and oxygen atoms in total. The molecule has 0 aliphatic heterocycles. The Kier molecular flexibility index (Phi) is 4.90. The van der Waals surface area contributed by atoms with Crippen molar-refractivity contribution in [3.8, 4) is 0 Å². The summed E-state index contributed by atoms with van der Waals surface area (Å²) in [6.45, 7) is 3.57. The van der Waals surface area contributed by atoms with Crippen molar-refractivity contribution in [1.82, 2.24) is 5.32 Å². The molecule has 0 bridgehead atoms. The highest BCUT2D eigenvalue weighted by Crippen LogP contribution is 2.24. The van der Waals surface area contributed by atoms with E-state index < -0.39 is 0 Å². The quantitative estimate of drug-likeness (QED) is 0.467. The van der Waals surface area contributed by atoms with Crippen molar-refractivity contribution < 1.29 is 4.92 Å². The molecule has 0 saturated heterocycles. The van der Waals surface area contributed by atoms with Gasteiger partial charge in [0.25, 0.3) is 5.69 Å². The molecule has 0 amide bonds. The summed E-state index contributed by atoms with van der Waals surface area (Å²) < 4.78 is 0. The first-order valence-corrected chi connectivity index (χ1v) is 5.67. The molecule has 0 aliphatic carbocycles. The summed E-state index contributed by atoms with van der Waals surface area (Å²) in [5.74, 6) is 0. The summed E-state index contributed by atoms with van der Waals surface area (Å²) in [6.07, 6.45) is 1.01. The van der Waals surface area contributed by atoms with Crippen LogP contribution >= 0.6 is 0 Å². The van der Waals surface area contributed by atoms with Gasteiger partial charge in [-0.2, -0.15) is 0 Å². The van der Waals surface area contributed by atoms with E-state index in [1.54, 1.807) is 19.1 Å². The van der Waals surface area contributed by atoms with Gasteiger partial charge in [-0.05, 0) is 33.0 Å². The van der Waals surface area contributed by atoms with Crippen molar-refractivity contribution in [2.24, 2.45) is 0 Å². The van der Waals surface area contributed by atoms with Crippen molar-refractivity contribution in [2.75, 3.05) is 32.1 Å².